The number of carbonyl (C=O) groups excluding carboxylic acids is 1. The maximum atomic E-state index is 12.6. The molecular formula is C16H22N2O2. The molecule has 20 heavy (non-hydrogen) atoms. The van der Waals surface area contributed by atoms with Crippen LogP contribution in [0.15, 0.2) is 24.3 Å². The van der Waals surface area contributed by atoms with E-state index >= 15 is 0 Å². The molecule has 0 radical (unpaired) electrons. The number of nitrogens with zero attached hydrogens (tertiary/aromatic N) is 1. The van der Waals surface area contributed by atoms with Crippen LogP contribution in [-0.4, -0.2) is 36.1 Å². The summed E-state index contributed by atoms with van der Waals surface area (Å²) in [5.74, 6) is 0.137. The molecule has 2 unspecified atom stereocenters. The summed E-state index contributed by atoms with van der Waals surface area (Å²) < 4.78 is 5.74. The van der Waals surface area contributed by atoms with Crippen molar-refractivity contribution in [3.8, 4) is 0 Å². The first-order valence-corrected chi connectivity index (χ1v) is 7.49. The number of benzene rings is 1. The van der Waals surface area contributed by atoms with Gasteiger partial charge in [-0.1, -0.05) is 24.3 Å². The van der Waals surface area contributed by atoms with Crippen LogP contribution >= 0.6 is 0 Å². The van der Waals surface area contributed by atoms with Crippen molar-refractivity contribution in [3.05, 3.63) is 35.4 Å². The zero-order chi connectivity index (χ0) is 13.9. The third-order valence-corrected chi connectivity index (χ3v) is 4.31. The van der Waals surface area contributed by atoms with Crippen molar-refractivity contribution in [1.29, 1.82) is 0 Å². The molecule has 4 heteroatoms. The minimum Gasteiger partial charge on any atom is -0.364 e. The van der Waals surface area contributed by atoms with Crippen molar-refractivity contribution in [3.63, 3.8) is 0 Å². The molecule has 0 aromatic heterocycles. The first-order chi connectivity index (χ1) is 9.78. The van der Waals surface area contributed by atoms with Crippen LogP contribution in [0.1, 0.15) is 30.4 Å². The van der Waals surface area contributed by atoms with Crippen LogP contribution in [0.4, 0.5) is 0 Å². The molecule has 2 atom stereocenters. The number of hydrogen-bond donors (Lipinski definition) is 1. The predicted molar refractivity (Wildman–Crippen MR) is 77.1 cm³/mol. The summed E-state index contributed by atoms with van der Waals surface area (Å²) >= 11 is 0. The lowest BCUT2D eigenvalue weighted by Crippen LogP contribution is -2.39. The number of aryl methyl sites for hydroxylation is 1. The number of ether oxygens (including phenoxy) is 1. The smallest absolute Gasteiger partial charge is 0.252 e. The number of amides is 1. The van der Waals surface area contributed by atoms with E-state index in [9.17, 15) is 4.79 Å². The molecule has 2 heterocycles. The third-order valence-electron chi connectivity index (χ3n) is 4.31. The molecule has 0 bridgehead atoms. The van der Waals surface area contributed by atoms with Crippen molar-refractivity contribution in [2.75, 3.05) is 13.1 Å². The van der Waals surface area contributed by atoms with Gasteiger partial charge in [0.15, 0.2) is 0 Å². The lowest BCUT2D eigenvalue weighted by Gasteiger charge is -2.24. The zero-order valence-electron chi connectivity index (χ0n) is 11.8. The Balaban J connectivity index is 1.70. The predicted octanol–water partition coefficient (Wildman–Crippen LogP) is 1.47. The molecule has 1 amide bonds. The number of fused-ring (bicyclic) bond motifs is 1. The molecule has 108 valence electrons. The van der Waals surface area contributed by atoms with Gasteiger partial charge in [0.25, 0.3) is 5.91 Å². The summed E-state index contributed by atoms with van der Waals surface area (Å²) in [6.45, 7) is 2.04. The molecule has 0 spiro atoms. The molecular weight excluding hydrogens is 252 g/mol. The van der Waals surface area contributed by atoms with Crippen LogP contribution in [0.3, 0.4) is 0 Å². The number of carbonyl (C=O) groups is 1. The Kier molecular flexibility index (Phi) is 4.03. The standard InChI is InChI=1S/C16H22N2O2/c17-10-14-7-8-15(20-14)16(19)18-9-3-6-12-4-1-2-5-13(12)11-18/h1-2,4-5,14-15H,3,6-11,17H2. The summed E-state index contributed by atoms with van der Waals surface area (Å²) in [6, 6.07) is 8.41. The molecule has 2 aliphatic heterocycles. The normalized spacial score (nSPS) is 26.1. The average Bonchev–Trinajstić information content (AvgIpc) is 2.85. The van der Waals surface area contributed by atoms with Gasteiger partial charge in [-0.05, 0) is 36.8 Å². The summed E-state index contributed by atoms with van der Waals surface area (Å²) in [7, 11) is 0. The molecule has 1 saturated heterocycles. The van der Waals surface area contributed by atoms with Crippen LogP contribution in [0.25, 0.3) is 0 Å². The van der Waals surface area contributed by atoms with E-state index in [1.54, 1.807) is 0 Å². The number of nitrogens with two attached hydrogens (primary N) is 1. The topological polar surface area (TPSA) is 55.6 Å². The Morgan fingerprint density at radius 1 is 1.30 bits per heavy atom. The molecule has 0 aliphatic carbocycles. The Bertz CT molecular complexity index is 489. The Hall–Kier alpha value is -1.39. The maximum absolute atomic E-state index is 12.6. The van der Waals surface area contributed by atoms with Crippen molar-refractivity contribution in [1.82, 2.24) is 4.90 Å². The minimum absolute atomic E-state index is 0.0585. The second-order valence-electron chi connectivity index (χ2n) is 5.69. The van der Waals surface area contributed by atoms with Crippen LogP contribution in [0.2, 0.25) is 0 Å². The van der Waals surface area contributed by atoms with Crippen LogP contribution in [0.5, 0.6) is 0 Å². The monoisotopic (exact) mass is 274 g/mol. The first-order valence-electron chi connectivity index (χ1n) is 7.49. The molecule has 1 aromatic carbocycles. The van der Waals surface area contributed by atoms with Crippen LogP contribution in [-0.2, 0) is 22.5 Å². The molecule has 1 aromatic rings. The lowest BCUT2D eigenvalue weighted by molar-refractivity contribution is -0.143. The number of hydrogen-bond acceptors (Lipinski definition) is 3. The van der Waals surface area contributed by atoms with E-state index in [0.29, 0.717) is 13.1 Å². The van der Waals surface area contributed by atoms with Crippen molar-refractivity contribution in [2.45, 2.75) is 44.4 Å². The van der Waals surface area contributed by atoms with E-state index in [0.717, 1.165) is 32.2 Å². The largest absolute Gasteiger partial charge is 0.364 e. The molecule has 3 rings (SSSR count). The fraction of sp³-hybridized carbons (Fsp3) is 0.562. The quantitative estimate of drug-likeness (QED) is 0.888. The highest BCUT2D eigenvalue weighted by Gasteiger charge is 2.33. The van der Waals surface area contributed by atoms with Gasteiger partial charge in [-0.15, -0.1) is 0 Å². The van der Waals surface area contributed by atoms with Crippen LogP contribution in [0, 0.1) is 0 Å². The van der Waals surface area contributed by atoms with E-state index in [4.69, 9.17) is 10.5 Å². The van der Waals surface area contributed by atoms with Gasteiger partial charge in [0.05, 0.1) is 6.10 Å². The van der Waals surface area contributed by atoms with Crippen LogP contribution < -0.4 is 5.73 Å². The SMILES string of the molecule is NCC1CCC(C(=O)N2CCCc3ccccc3C2)O1. The first kappa shape index (κ1) is 13.6. The van der Waals surface area contributed by atoms with Gasteiger partial charge in [0, 0.05) is 19.6 Å². The number of rotatable bonds is 2. The Morgan fingerprint density at radius 3 is 2.85 bits per heavy atom. The summed E-state index contributed by atoms with van der Waals surface area (Å²) in [5.41, 5.74) is 8.25. The highest BCUT2D eigenvalue weighted by molar-refractivity contribution is 5.81. The molecule has 4 nitrogen and oxygen atoms in total. The van der Waals surface area contributed by atoms with Gasteiger partial charge in [-0.25, -0.2) is 0 Å². The fourth-order valence-electron chi connectivity index (χ4n) is 3.15. The van der Waals surface area contributed by atoms with Crippen molar-refractivity contribution < 1.29 is 9.53 Å². The fourth-order valence-corrected chi connectivity index (χ4v) is 3.15. The minimum atomic E-state index is -0.284. The summed E-state index contributed by atoms with van der Waals surface area (Å²) in [4.78, 5) is 14.5. The van der Waals surface area contributed by atoms with Gasteiger partial charge in [0.1, 0.15) is 6.10 Å². The van der Waals surface area contributed by atoms with Gasteiger partial charge in [-0.3, -0.25) is 4.79 Å². The highest BCUT2D eigenvalue weighted by Crippen LogP contribution is 2.24. The van der Waals surface area contributed by atoms with E-state index in [1.807, 2.05) is 11.0 Å². The van der Waals surface area contributed by atoms with Gasteiger partial charge < -0.3 is 15.4 Å². The second-order valence-corrected chi connectivity index (χ2v) is 5.69. The molecule has 2 aliphatic rings. The van der Waals surface area contributed by atoms with Gasteiger partial charge >= 0.3 is 0 Å². The van der Waals surface area contributed by atoms with Gasteiger partial charge in [0.2, 0.25) is 0 Å². The summed E-state index contributed by atoms with van der Waals surface area (Å²) in [6.07, 6.45) is 3.56. The van der Waals surface area contributed by atoms with E-state index in [-0.39, 0.29) is 18.1 Å². The molecule has 1 fully saturated rings. The third kappa shape index (κ3) is 2.72. The summed E-state index contributed by atoms with van der Waals surface area (Å²) in [5, 5.41) is 0. The van der Waals surface area contributed by atoms with Crippen molar-refractivity contribution >= 4 is 5.91 Å². The van der Waals surface area contributed by atoms with E-state index in [2.05, 4.69) is 18.2 Å². The molecule has 0 saturated carbocycles. The average molecular weight is 274 g/mol. The second kappa shape index (κ2) is 5.94. The lowest BCUT2D eigenvalue weighted by atomic mass is 10.0. The molecule has 2 N–H and O–H groups in total. The Morgan fingerprint density at radius 2 is 2.10 bits per heavy atom. The van der Waals surface area contributed by atoms with E-state index < -0.39 is 0 Å². The van der Waals surface area contributed by atoms with Crippen molar-refractivity contribution in [2.24, 2.45) is 5.73 Å². The van der Waals surface area contributed by atoms with E-state index in [1.165, 1.54) is 11.1 Å². The highest BCUT2D eigenvalue weighted by atomic mass is 16.5. The maximum Gasteiger partial charge on any atom is 0.252 e. The zero-order valence-corrected chi connectivity index (χ0v) is 11.8. The van der Waals surface area contributed by atoms with Gasteiger partial charge in [-0.2, -0.15) is 0 Å². The Labute approximate surface area is 119 Å².